The van der Waals surface area contributed by atoms with Gasteiger partial charge in [0.25, 0.3) is 0 Å². The summed E-state index contributed by atoms with van der Waals surface area (Å²) in [6.45, 7) is 14.2. The molecule has 95 heavy (non-hydrogen) atoms. The lowest BCUT2D eigenvalue weighted by atomic mass is 9.99. The number of ether oxygens (including phenoxy) is 4. The molecule has 0 radical (unpaired) electrons. The first kappa shape index (κ1) is 93.1. The van der Waals surface area contributed by atoms with E-state index in [2.05, 4.69) is 55.4 Å². The number of aliphatic hydroxyl groups is 1. The standard InChI is InChI=1S/C76H148O17P2/c1-9-68(7)54-46-38-30-23-25-32-40-48-56-73(78)86-62-71(92-75(80)58-50-42-33-22-20-18-16-14-12-11-13-15-17-19-21-28-36-44-52-66(3)4)64-90-94(82,83)88-60-70(77)61-89-95(84,85)91-65-72(63-87-74(79)57-49-41-35-27-29-37-45-53-67(5)6)93-76(81)59-51-43-34-26-24-31-39-47-55-69(8)10-2/h66-72,77H,9-65H2,1-8H3,(H,82,83)(H,84,85)/t68?,69?,70?,71-,72-/m1/s1. The van der Waals surface area contributed by atoms with E-state index in [1.807, 2.05) is 0 Å². The topological polar surface area (TPSA) is 237 Å². The lowest BCUT2D eigenvalue weighted by molar-refractivity contribution is -0.161. The van der Waals surface area contributed by atoms with Crippen molar-refractivity contribution in [1.82, 2.24) is 0 Å². The third-order valence-corrected chi connectivity index (χ3v) is 20.2. The van der Waals surface area contributed by atoms with Crippen molar-refractivity contribution in [3.63, 3.8) is 0 Å². The molecule has 0 aliphatic heterocycles. The van der Waals surface area contributed by atoms with Crippen LogP contribution in [0.2, 0.25) is 0 Å². The van der Waals surface area contributed by atoms with Gasteiger partial charge in [0.2, 0.25) is 0 Å². The van der Waals surface area contributed by atoms with Crippen molar-refractivity contribution in [2.75, 3.05) is 39.6 Å². The number of phosphoric ester groups is 2. The first-order valence-electron chi connectivity index (χ1n) is 39.3. The second kappa shape index (κ2) is 65.4. The largest absolute Gasteiger partial charge is 0.472 e. The lowest BCUT2D eigenvalue weighted by Crippen LogP contribution is -2.30. The summed E-state index contributed by atoms with van der Waals surface area (Å²) in [5, 5.41) is 10.6. The highest BCUT2D eigenvalue weighted by atomic mass is 31.2. The summed E-state index contributed by atoms with van der Waals surface area (Å²) in [6, 6.07) is 0. The van der Waals surface area contributed by atoms with Gasteiger partial charge < -0.3 is 33.8 Å². The molecule has 19 heteroatoms. The second-order valence-corrected chi connectivity index (χ2v) is 31.7. The van der Waals surface area contributed by atoms with Gasteiger partial charge in [-0.3, -0.25) is 37.3 Å². The van der Waals surface area contributed by atoms with Crippen LogP contribution in [0, 0.1) is 23.7 Å². The summed E-state index contributed by atoms with van der Waals surface area (Å²) < 4.78 is 68.5. The Morgan fingerprint density at radius 3 is 0.747 bits per heavy atom. The van der Waals surface area contributed by atoms with Crippen LogP contribution in [0.1, 0.15) is 383 Å². The third-order valence-electron chi connectivity index (χ3n) is 18.3. The molecule has 0 heterocycles. The molecule has 0 bridgehead atoms. The fourth-order valence-corrected chi connectivity index (χ4v) is 13.1. The normalized spacial score (nSPS) is 14.7. The summed E-state index contributed by atoms with van der Waals surface area (Å²) >= 11 is 0. The number of unbranched alkanes of at least 4 members (excludes halogenated alkanes) is 37. The van der Waals surface area contributed by atoms with Crippen molar-refractivity contribution >= 4 is 39.5 Å². The molecule has 0 saturated heterocycles. The van der Waals surface area contributed by atoms with Crippen LogP contribution in [0.4, 0.5) is 0 Å². The van der Waals surface area contributed by atoms with E-state index in [9.17, 15) is 43.2 Å². The Balaban J connectivity index is 5.21. The van der Waals surface area contributed by atoms with E-state index in [1.54, 1.807) is 0 Å². The summed E-state index contributed by atoms with van der Waals surface area (Å²) in [7, 11) is -9.91. The molecule has 0 spiro atoms. The van der Waals surface area contributed by atoms with Gasteiger partial charge in [-0.25, -0.2) is 9.13 Å². The minimum atomic E-state index is -4.96. The van der Waals surface area contributed by atoms with E-state index >= 15 is 0 Å². The van der Waals surface area contributed by atoms with E-state index in [0.717, 1.165) is 114 Å². The molecule has 0 fully saturated rings. The maximum absolute atomic E-state index is 13.1. The van der Waals surface area contributed by atoms with E-state index < -0.39 is 97.5 Å². The Morgan fingerprint density at radius 1 is 0.295 bits per heavy atom. The summed E-state index contributed by atoms with van der Waals surface area (Å²) in [5.41, 5.74) is 0. The van der Waals surface area contributed by atoms with Crippen LogP contribution in [0.15, 0.2) is 0 Å². The molecule has 0 amide bonds. The van der Waals surface area contributed by atoms with E-state index in [1.165, 1.54) is 180 Å². The summed E-state index contributed by atoms with van der Waals surface area (Å²) in [5.74, 6) is 0.948. The zero-order chi connectivity index (χ0) is 70.3. The van der Waals surface area contributed by atoms with Crippen molar-refractivity contribution < 1.29 is 80.2 Å². The average Bonchev–Trinajstić information content (AvgIpc) is 1.54. The Morgan fingerprint density at radius 2 is 0.505 bits per heavy atom. The van der Waals surface area contributed by atoms with Crippen LogP contribution in [0.5, 0.6) is 0 Å². The molecule has 7 atom stereocenters. The maximum Gasteiger partial charge on any atom is 0.472 e. The number of aliphatic hydroxyl groups excluding tert-OH is 1. The fraction of sp³-hybridized carbons (Fsp3) is 0.947. The molecular weight excluding hydrogens is 1250 g/mol. The zero-order valence-corrected chi connectivity index (χ0v) is 64.1. The van der Waals surface area contributed by atoms with Gasteiger partial charge in [0.1, 0.15) is 19.3 Å². The van der Waals surface area contributed by atoms with Crippen LogP contribution < -0.4 is 0 Å². The van der Waals surface area contributed by atoms with Gasteiger partial charge in [0, 0.05) is 25.7 Å². The number of carbonyl (C=O) groups is 4. The van der Waals surface area contributed by atoms with Crippen molar-refractivity contribution in [1.29, 1.82) is 0 Å². The molecule has 564 valence electrons. The SMILES string of the molecule is CCC(C)CCCCCCCCCCC(=O)OC[C@H](COP(=O)(O)OCC(O)COP(=O)(O)OC[C@@H](COC(=O)CCCCCCCCCC(C)C)OC(=O)CCCCCCCCCCC(C)CC)OC(=O)CCCCCCCCCCCCCCCCCCCCC(C)C. The van der Waals surface area contributed by atoms with E-state index in [4.69, 9.17) is 37.0 Å². The first-order valence-corrected chi connectivity index (χ1v) is 42.3. The molecule has 0 aromatic rings. The number of esters is 4. The Labute approximate surface area is 581 Å². The van der Waals surface area contributed by atoms with Crippen molar-refractivity contribution in [3.05, 3.63) is 0 Å². The molecule has 0 aliphatic rings. The number of phosphoric acid groups is 2. The predicted octanol–water partition coefficient (Wildman–Crippen LogP) is 22.0. The highest BCUT2D eigenvalue weighted by Crippen LogP contribution is 2.45. The Hall–Kier alpha value is -1.94. The third kappa shape index (κ3) is 67.6. The number of hydrogen-bond donors (Lipinski definition) is 3. The van der Waals surface area contributed by atoms with E-state index in [-0.39, 0.29) is 25.7 Å². The highest BCUT2D eigenvalue weighted by Gasteiger charge is 2.30. The van der Waals surface area contributed by atoms with Crippen LogP contribution in [-0.4, -0.2) is 96.7 Å². The molecule has 0 aliphatic carbocycles. The molecular formula is C76H148O17P2. The minimum absolute atomic E-state index is 0.104. The Bertz CT molecular complexity index is 1870. The Kier molecular flexibility index (Phi) is 64.0. The fourth-order valence-electron chi connectivity index (χ4n) is 11.5. The van der Waals surface area contributed by atoms with Gasteiger partial charge in [0.05, 0.1) is 26.4 Å². The van der Waals surface area contributed by atoms with Crippen LogP contribution in [0.25, 0.3) is 0 Å². The number of carbonyl (C=O) groups excluding carboxylic acids is 4. The van der Waals surface area contributed by atoms with Gasteiger partial charge in [0.15, 0.2) is 12.2 Å². The van der Waals surface area contributed by atoms with Crippen molar-refractivity contribution in [2.45, 2.75) is 401 Å². The summed E-state index contributed by atoms with van der Waals surface area (Å²) in [6.07, 6.45) is 50.1. The molecule has 5 unspecified atom stereocenters. The van der Waals surface area contributed by atoms with E-state index in [0.29, 0.717) is 31.6 Å². The van der Waals surface area contributed by atoms with Crippen molar-refractivity contribution in [3.8, 4) is 0 Å². The van der Waals surface area contributed by atoms with Gasteiger partial charge in [-0.15, -0.1) is 0 Å². The molecule has 3 N–H and O–H groups in total. The van der Waals surface area contributed by atoms with Crippen LogP contribution >= 0.6 is 15.6 Å². The average molecular weight is 1400 g/mol. The van der Waals surface area contributed by atoms with Crippen molar-refractivity contribution in [2.24, 2.45) is 23.7 Å². The summed E-state index contributed by atoms with van der Waals surface area (Å²) in [4.78, 5) is 72.8. The molecule has 0 aromatic carbocycles. The molecule has 0 aromatic heterocycles. The minimum Gasteiger partial charge on any atom is -0.462 e. The van der Waals surface area contributed by atoms with Gasteiger partial charge >= 0.3 is 39.5 Å². The van der Waals surface area contributed by atoms with Crippen LogP contribution in [0.3, 0.4) is 0 Å². The maximum atomic E-state index is 13.1. The quantitative estimate of drug-likeness (QED) is 0.0222. The predicted molar refractivity (Wildman–Crippen MR) is 386 cm³/mol. The monoisotopic (exact) mass is 1400 g/mol. The lowest BCUT2D eigenvalue weighted by Gasteiger charge is -2.21. The molecule has 17 nitrogen and oxygen atoms in total. The molecule has 0 rings (SSSR count). The smallest absolute Gasteiger partial charge is 0.462 e. The first-order chi connectivity index (χ1) is 45.7. The number of hydrogen-bond acceptors (Lipinski definition) is 15. The van der Waals surface area contributed by atoms with Gasteiger partial charge in [-0.05, 0) is 49.4 Å². The second-order valence-electron chi connectivity index (χ2n) is 28.8. The molecule has 0 saturated carbocycles. The zero-order valence-electron chi connectivity index (χ0n) is 62.3. The van der Waals surface area contributed by atoms with Gasteiger partial charge in [-0.1, -0.05) is 331 Å². The van der Waals surface area contributed by atoms with Crippen LogP contribution in [-0.2, 0) is 65.4 Å². The number of rotatable bonds is 73. The van der Waals surface area contributed by atoms with Gasteiger partial charge in [-0.2, -0.15) is 0 Å². The highest BCUT2D eigenvalue weighted by molar-refractivity contribution is 7.47.